The van der Waals surface area contributed by atoms with E-state index in [0.717, 1.165) is 45.0 Å². The Morgan fingerprint density at radius 2 is 1.32 bits per heavy atom. The number of hydrogen-bond acceptors (Lipinski definition) is 4. The van der Waals surface area contributed by atoms with Crippen LogP contribution in [0.15, 0.2) is 88.5 Å². The summed E-state index contributed by atoms with van der Waals surface area (Å²) in [5.74, 6) is -0.410. The summed E-state index contributed by atoms with van der Waals surface area (Å²) in [7, 11) is 0. The van der Waals surface area contributed by atoms with Gasteiger partial charge in [-0.1, -0.05) is 48.5 Å². The van der Waals surface area contributed by atoms with Crippen molar-refractivity contribution < 1.29 is 26.3 Å². The molecule has 6 nitrogen and oxygen atoms in total. The van der Waals surface area contributed by atoms with Crippen LogP contribution in [0.3, 0.4) is 0 Å². The predicted molar refractivity (Wildman–Crippen MR) is 128 cm³/mol. The number of alkyl halides is 6. The van der Waals surface area contributed by atoms with Gasteiger partial charge in [-0.3, -0.25) is 4.57 Å². The lowest BCUT2D eigenvalue weighted by molar-refractivity contribution is -0.138. The van der Waals surface area contributed by atoms with E-state index in [1.165, 1.54) is 18.2 Å². The SMILES string of the molecule is O=c1nc(Nc2cccc(C(F)(F)F)c2)n(Cc2cccc(C(F)(F)F)c2)c(=O)n1CCc1ccccc1. The first kappa shape index (κ1) is 26.7. The fourth-order valence-electron chi connectivity index (χ4n) is 3.78. The standard InChI is InChI=1S/C26H20F6N4O2/c27-25(28,29)19-9-4-8-18(14-19)16-36-22(33-21-11-5-10-20(15-21)26(30,31)32)34-23(37)35(24(36)38)13-12-17-6-2-1-3-7-17/h1-11,14-15H,12-13,16H2,(H,33,34,37). The third-order valence-electron chi connectivity index (χ3n) is 5.66. The molecular weight excluding hydrogens is 514 g/mol. The zero-order valence-corrected chi connectivity index (χ0v) is 19.6. The Labute approximate surface area is 211 Å². The Balaban J connectivity index is 1.77. The van der Waals surface area contributed by atoms with Gasteiger partial charge in [0.1, 0.15) is 0 Å². The summed E-state index contributed by atoms with van der Waals surface area (Å²) in [6, 6.07) is 17.2. The first-order valence-electron chi connectivity index (χ1n) is 11.3. The summed E-state index contributed by atoms with van der Waals surface area (Å²) in [4.78, 5) is 30.0. The highest BCUT2D eigenvalue weighted by Gasteiger charge is 2.31. The van der Waals surface area contributed by atoms with E-state index in [9.17, 15) is 35.9 Å². The van der Waals surface area contributed by atoms with Crippen LogP contribution in [-0.2, 0) is 31.9 Å². The zero-order chi connectivity index (χ0) is 27.5. The Kier molecular flexibility index (Phi) is 7.42. The number of halogens is 6. The number of aryl methyl sites for hydroxylation is 1. The smallest absolute Gasteiger partial charge is 0.325 e. The Morgan fingerprint density at radius 3 is 1.97 bits per heavy atom. The highest BCUT2D eigenvalue weighted by Crippen LogP contribution is 2.32. The minimum Gasteiger partial charge on any atom is -0.325 e. The van der Waals surface area contributed by atoms with Gasteiger partial charge in [-0.25, -0.2) is 14.2 Å². The molecule has 0 bridgehead atoms. The summed E-state index contributed by atoms with van der Waals surface area (Å²) in [6.45, 7) is -0.496. The van der Waals surface area contributed by atoms with Gasteiger partial charge in [0.25, 0.3) is 0 Å². The maximum Gasteiger partial charge on any atom is 0.416 e. The van der Waals surface area contributed by atoms with Crippen LogP contribution in [0, 0.1) is 0 Å². The monoisotopic (exact) mass is 534 g/mol. The van der Waals surface area contributed by atoms with E-state index >= 15 is 0 Å². The number of anilines is 2. The molecule has 0 saturated heterocycles. The largest absolute Gasteiger partial charge is 0.416 e. The highest BCUT2D eigenvalue weighted by atomic mass is 19.4. The molecule has 38 heavy (non-hydrogen) atoms. The van der Waals surface area contributed by atoms with Crippen molar-refractivity contribution in [3.05, 3.63) is 122 Å². The first-order chi connectivity index (χ1) is 17.9. The molecule has 1 aromatic heterocycles. The van der Waals surface area contributed by atoms with E-state index < -0.39 is 47.4 Å². The molecule has 0 radical (unpaired) electrons. The maximum atomic E-state index is 13.4. The van der Waals surface area contributed by atoms with E-state index in [-0.39, 0.29) is 17.8 Å². The molecule has 198 valence electrons. The molecular formula is C26H20F6N4O2. The van der Waals surface area contributed by atoms with E-state index in [1.54, 1.807) is 30.3 Å². The Bertz CT molecular complexity index is 1540. The summed E-state index contributed by atoms with van der Waals surface area (Å²) >= 11 is 0. The number of benzene rings is 3. The van der Waals surface area contributed by atoms with E-state index in [2.05, 4.69) is 10.3 Å². The molecule has 0 fully saturated rings. The third kappa shape index (κ3) is 6.31. The topological polar surface area (TPSA) is 68.9 Å². The minimum absolute atomic E-state index is 0.0683. The van der Waals surface area contributed by atoms with Gasteiger partial charge in [0, 0.05) is 12.2 Å². The van der Waals surface area contributed by atoms with E-state index in [1.807, 2.05) is 0 Å². The van der Waals surface area contributed by atoms with Gasteiger partial charge in [0.2, 0.25) is 5.95 Å². The first-order valence-corrected chi connectivity index (χ1v) is 11.3. The predicted octanol–water partition coefficient (Wildman–Crippen LogP) is 5.48. The number of nitrogens with one attached hydrogen (secondary N) is 1. The van der Waals surface area contributed by atoms with Crippen molar-refractivity contribution in [2.75, 3.05) is 5.32 Å². The zero-order valence-electron chi connectivity index (χ0n) is 19.6. The van der Waals surface area contributed by atoms with Crippen LogP contribution < -0.4 is 16.7 Å². The molecule has 3 aromatic carbocycles. The van der Waals surface area contributed by atoms with Gasteiger partial charge in [0.05, 0.1) is 17.7 Å². The molecule has 0 unspecified atom stereocenters. The summed E-state index contributed by atoms with van der Waals surface area (Å²) in [5, 5.41) is 2.55. The van der Waals surface area contributed by atoms with Crippen molar-refractivity contribution >= 4 is 11.6 Å². The lowest BCUT2D eigenvalue weighted by Gasteiger charge is -2.17. The molecule has 1 N–H and O–H groups in total. The number of nitrogens with zero attached hydrogens (tertiary/aromatic N) is 3. The summed E-state index contributed by atoms with van der Waals surface area (Å²) < 4.78 is 81.0. The lowest BCUT2D eigenvalue weighted by Crippen LogP contribution is -2.43. The van der Waals surface area contributed by atoms with E-state index in [0.29, 0.717) is 6.42 Å². The molecule has 0 aliphatic heterocycles. The van der Waals surface area contributed by atoms with Gasteiger partial charge < -0.3 is 5.32 Å². The molecule has 12 heteroatoms. The number of aromatic nitrogens is 3. The fourth-order valence-corrected chi connectivity index (χ4v) is 3.78. The molecule has 0 spiro atoms. The second-order valence-corrected chi connectivity index (χ2v) is 8.38. The van der Waals surface area contributed by atoms with Crippen molar-refractivity contribution in [1.29, 1.82) is 0 Å². The van der Waals surface area contributed by atoms with Gasteiger partial charge in [0.15, 0.2) is 0 Å². The van der Waals surface area contributed by atoms with Crippen molar-refractivity contribution in [3.63, 3.8) is 0 Å². The Hall–Kier alpha value is -4.35. The van der Waals surface area contributed by atoms with Crippen molar-refractivity contribution in [2.24, 2.45) is 0 Å². The van der Waals surface area contributed by atoms with Gasteiger partial charge in [-0.15, -0.1) is 0 Å². The van der Waals surface area contributed by atoms with Gasteiger partial charge >= 0.3 is 23.7 Å². The normalized spacial score (nSPS) is 11.9. The van der Waals surface area contributed by atoms with Crippen LogP contribution in [0.5, 0.6) is 0 Å². The second kappa shape index (κ2) is 10.6. The Morgan fingerprint density at radius 1 is 0.711 bits per heavy atom. The number of rotatable bonds is 7. The van der Waals surface area contributed by atoms with Gasteiger partial charge in [-0.2, -0.15) is 31.3 Å². The van der Waals surface area contributed by atoms with Crippen LogP contribution >= 0.6 is 0 Å². The minimum atomic E-state index is -4.65. The molecule has 0 amide bonds. The molecule has 0 saturated carbocycles. The molecule has 0 aliphatic rings. The molecule has 1 heterocycles. The summed E-state index contributed by atoms with van der Waals surface area (Å²) in [5.41, 5.74) is -2.98. The molecule has 0 atom stereocenters. The average molecular weight is 534 g/mol. The van der Waals surface area contributed by atoms with Gasteiger partial charge in [-0.05, 0) is 47.9 Å². The second-order valence-electron chi connectivity index (χ2n) is 8.38. The average Bonchev–Trinajstić information content (AvgIpc) is 2.86. The quantitative estimate of drug-likeness (QED) is 0.319. The lowest BCUT2D eigenvalue weighted by atomic mass is 10.1. The van der Waals surface area contributed by atoms with Crippen molar-refractivity contribution in [2.45, 2.75) is 31.9 Å². The number of hydrogen-bond donors (Lipinski definition) is 1. The van der Waals surface area contributed by atoms with Crippen LogP contribution in [0.1, 0.15) is 22.3 Å². The van der Waals surface area contributed by atoms with E-state index in [4.69, 9.17) is 0 Å². The third-order valence-corrected chi connectivity index (χ3v) is 5.66. The molecule has 4 rings (SSSR count). The summed E-state index contributed by atoms with van der Waals surface area (Å²) in [6.07, 6.45) is -8.99. The van der Waals surface area contributed by atoms with Crippen molar-refractivity contribution in [1.82, 2.24) is 14.1 Å². The maximum absolute atomic E-state index is 13.4. The van der Waals surface area contributed by atoms with Crippen molar-refractivity contribution in [3.8, 4) is 0 Å². The van der Waals surface area contributed by atoms with Crippen LogP contribution in [0.25, 0.3) is 0 Å². The fraction of sp³-hybridized carbons (Fsp3) is 0.192. The molecule has 4 aromatic rings. The van der Waals surface area contributed by atoms with Crippen LogP contribution in [-0.4, -0.2) is 14.1 Å². The highest BCUT2D eigenvalue weighted by molar-refractivity contribution is 5.55. The van der Waals surface area contributed by atoms with Crippen LogP contribution in [0.2, 0.25) is 0 Å². The molecule has 0 aliphatic carbocycles. The van der Waals surface area contributed by atoms with Crippen LogP contribution in [0.4, 0.5) is 38.0 Å².